The van der Waals surface area contributed by atoms with E-state index in [1.165, 1.54) is 12.8 Å². The minimum Gasteiger partial charge on any atom is -0.382 e. The monoisotopic (exact) mass is 266 g/mol. The Kier molecular flexibility index (Phi) is 6.01. The van der Waals surface area contributed by atoms with Gasteiger partial charge in [-0.2, -0.15) is 0 Å². The zero-order valence-electron chi connectivity index (χ0n) is 8.87. The summed E-state index contributed by atoms with van der Waals surface area (Å²) in [4.78, 5) is 0.516. The van der Waals surface area contributed by atoms with E-state index in [1.54, 1.807) is 14.2 Å². The second-order valence-corrected chi connectivity index (χ2v) is 4.81. The summed E-state index contributed by atoms with van der Waals surface area (Å²) >= 11 is 3.62. The van der Waals surface area contributed by atoms with Crippen molar-refractivity contribution in [1.82, 2.24) is 0 Å². The third-order valence-corrected chi connectivity index (χ3v) is 3.60. The molecule has 3 nitrogen and oxygen atoms in total. The van der Waals surface area contributed by atoms with E-state index >= 15 is 0 Å². The number of hydrogen-bond donors (Lipinski definition) is 0. The molecular formula is C10H19BrO3. The smallest absolute Gasteiger partial charge is 0.104 e. The molecule has 0 N–H and O–H groups in total. The van der Waals surface area contributed by atoms with Gasteiger partial charge in [0.25, 0.3) is 0 Å². The third-order valence-electron chi connectivity index (χ3n) is 2.55. The van der Waals surface area contributed by atoms with Gasteiger partial charge < -0.3 is 14.2 Å². The molecule has 1 rings (SSSR count). The lowest BCUT2D eigenvalue weighted by Crippen LogP contribution is -2.28. The predicted octanol–water partition coefficient (Wildman–Crippen LogP) is 1.98. The van der Waals surface area contributed by atoms with E-state index in [0.717, 1.165) is 6.42 Å². The first-order valence-electron chi connectivity index (χ1n) is 5.05. The van der Waals surface area contributed by atoms with Crippen molar-refractivity contribution in [3.63, 3.8) is 0 Å². The highest BCUT2D eigenvalue weighted by Gasteiger charge is 2.26. The lowest BCUT2D eigenvalue weighted by atomic mass is 10.3. The molecule has 0 aromatic rings. The van der Waals surface area contributed by atoms with Gasteiger partial charge in [0.2, 0.25) is 0 Å². The maximum atomic E-state index is 5.77. The van der Waals surface area contributed by atoms with Gasteiger partial charge in [-0.05, 0) is 19.3 Å². The molecule has 0 aromatic carbocycles. The van der Waals surface area contributed by atoms with Crippen LogP contribution in [0.4, 0.5) is 0 Å². The molecule has 0 amide bonds. The van der Waals surface area contributed by atoms with Gasteiger partial charge in [-0.1, -0.05) is 15.9 Å². The Morgan fingerprint density at radius 2 is 2.07 bits per heavy atom. The Morgan fingerprint density at radius 1 is 1.29 bits per heavy atom. The van der Waals surface area contributed by atoms with E-state index in [2.05, 4.69) is 15.9 Å². The SMILES string of the molecule is COCC(COC1CCCC1Br)OC. The molecule has 0 aromatic heterocycles. The Labute approximate surface area is 94.2 Å². The predicted molar refractivity (Wildman–Crippen MR) is 59.0 cm³/mol. The summed E-state index contributed by atoms with van der Waals surface area (Å²) in [5, 5.41) is 0. The van der Waals surface area contributed by atoms with Crippen molar-refractivity contribution in [3.05, 3.63) is 0 Å². The van der Waals surface area contributed by atoms with Crippen LogP contribution in [-0.4, -0.2) is 44.5 Å². The van der Waals surface area contributed by atoms with E-state index in [1.807, 2.05) is 0 Å². The standard InChI is InChI=1S/C10H19BrO3/c1-12-6-8(13-2)7-14-10-5-3-4-9(10)11/h8-10H,3-7H2,1-2H3. The fourth-order valence-corrected chi connectivity index (χ4v) is 2.41. The van der Waals surface area contributed by atoms with Crippen LogP contribution in [0.3, 0.4) is 0 Å². The molecule has 1 aliphatic carbocycles. The summed E-state index contributed by atoms with van der Waals surface area (Å²) in [6.45, 7) is 1.22. The van der Waals surface area contributed by atoms with E-state index < -0.39 is 0 Å². The second kappa shape index (κ2) is 6.77. The van der Waals surface area contributed by atoms with Gasteiger partial charge in [0.05, 0.1) is 19.3 Å². The molecule has 14 heavy (non-hydrogen) atoms. The fourth-order valence-electron chi connectivity index (χ4n) is 1.67. The van der Waals surface area contributed by atoms with E-state index in [0.29, 0.717) is 24.1 Å². The molecule has 4 heteroatoms. The molecule has 0 spiro atoms. The molecular weight excluding hydrogens is 248 g/mol. The minimum absolute atomic E-state index is 0.0558. The number of hydrogen-bond acceptors (Lipinski definition) is 3. The van der Waals surface area contributed by atoms with Gasteiger partial charge in [-0.25, -0.2) is 0 Å². The first-order valence-corrected chi connectivity index (χ1v) is 5.97. The maximum absolute atomic E-state index is 5.77. The average molecular weight is 267 g/mol. The highest BCUT2D eigenvalue weighted by atomic mass is 79.9. The minimum atomic E-state index is 0.0558. The van der Waals surface area contributed by atoms with Crippen molar-refractivity contribution in [1.29, 1.82) is 0 Å². The third kappa shape index (κ3) is 3.85. The van der Waals surface area contributed by atoms with Crippen molar-refractivity contribution >= 4 is 15.9 Å². The molecule has 1 fully saturated rings. The lowest BCUT2D eigenvalue weighted by molar-refractivity contribution is -0.0509. The summed E-state index contributed by atoms with van der Waals surface area (Å²) in [7, 11) is 3.36. The van der Waals surface area contributed by atoms with Crippen LogP contribution in [0.1, 0.15) is 19.3 Å². The van der Waals surface area contributed by atoms with Crippen LogP contribution in [0, 0.1) is 0 Å². The van der Waals surface area contributed by atoms with Crippen LogP contribution in [0.25, 0.3) is 0 Å². The molecule has 1 aliphatic rings. The summed E-state index contributed by atoms with van der Waals surface area (Å²) in [5.74, 6) is 0. The highest BCUT2D eigenvalue weighted by Crippen LogP contribution is 2.28. The maximum Gasteiger partial charge on any atom is 0.104 e. The molecule has 0 heterocycles. The van der Waals surface area contributed by atoms with Crippen molar-refractivity contribution in [2.45, 2.75) is 36.3 Å². The van der Waals surface area contributed by atoms with Crippen molar-refractivity contribution in [3.8, 4) is 0 Å². The molecule has 0 radical (unpaired) electrons. The second-order valence-electron chi connectivity index (χ2n) is 3.63. The first kappa shape index (κ1) is 12.4. The fraction of sp³-hybridized carbons (Fsp3) is 1.00. The van der Waals surface area contributed by atoms with Crippen molar-refractivity contribution in [2.24, 2.45) is 0 Å². The van der Waals surface area contributed by atoms with Crippen LogP contribution in [-0.2, 0) is 14.2 Å². The Balaban J connectivity index is 2.17. The molecule has 3 unspecified atom stereocenters. The normalized spacial score (nSPS) is 29.4. The average Bonchev–Trinajstić information content (AvgIpc) is 2.59. The molecule has 0 bridgehead atoms. The highest BCUT2D eigenvalue weighted by molar-refractivity contribution is 9.09. The van der Waals surface area contributed by atoms with Gasteiger partial charge in [0.15, 0.2) is 0 Å². The number of rotatable bonds is 6. The Bertz CT molecular complexity index is 154. The summed E-state index contributed by atoms with van der Waals surface area (Å²) in [6, 6.07) is 0. The zero-order chi connectivity index (χ0) is 10.4. The van der Waals surface area contributed by atoms with E-state index in [4.69, 9.17) is 14.2 Å². The van der Waals surface area contributed by atoms with E-state index in [9.17, 15) is 0 Å². The number of alkyl halides is 1. The zero-order valence-corrected chi connectivity index (χ0v) is 10.5. The van der Waals surface area contributed by atoms with Crippen LogP contribution in [0.15, 0.2) is 0 Å². The van der Waals surface area contributed by atoms with Gasteiger partial charge in [-0.3, -0.25) is 0 Å². The van der Waals surface area contributed by atoms with Gasteiger partial charge in [-0.15, -0.1) is 0 Å². The van der Waals surface area contributed by atoms with Gasteiger partial charge in [0, 0.05) is 19.0 Å². The molecule has 3 atom stereocenters. The van der Waals surface area contributed by atoms with Crippen molar-refractivity contribution < 1.29 is 14.2 Å². The quantitative estimate of drug-likeness (QED) is 0.689. The van der Waals surface area contributed by atoms with Crippen LogP contribution >= 0.6 is 15.9 Å². The Morgan fingerprint density at radius 3 is 2.57 bits per heavy atom. The Hall–Kier alpha value is 0.360. The largest absolute Gasteiger partial charge is 0.382 e. The molecule has 0 aliphatic heterocycles. The van der Waals surface area contributed by atoms with Gasteiger partial charge >= 0.3 is 0 Å². The lowest BCUT2D eigenvalue weighted by Gasteiger charge is -2.19. The topological polar surface area (TPSA) is 27.7 Å². The summed E-state index contributed by atoms with van der Waals surface area (Å²) in [5.41, 5.74) is 0. The number of halogens is 1. The van der Waals surface area contributed by atoms with Gasteiger partial charge in [0.1, 0.15) is 6.10 Å². The van der Waals surface area contributed by atoms with Crippen LogP contribution < -0.4 is 0 Å². The molecule has 84 valence electrons. The van der Waals surface area contributed by atoms with Crippen LogP contribution in [0.2, 0.25) is 0 Å². The molecule has 0 saturated heterocycles. The first-order chi connectivity index (χ1) is 6.77. The van der Waals surface area contributed by atoms with E-state index in [-0.39, 0.29) is 6.10 Å². The number of ether oxygens (including phenoxy) is 3. The van der Waals surface area contributed by atoms with Crippen molar-refractivity contribution in [2.75, 3.05) is 27.4 Å². The number of methoxy groups -OCH3 is 2. The van der Waals surface area contributed by atoms with Crippen LogP contribution in [0.5, 0.6) is 0 Å². The summed E-state index contributed by atoms with van der Waals surface area (Å²) in [6.07, 6.45) is 4.03. The molecule has 1 saturated carbocycles. The summed E-state index contributed by atoms with van der Waals surface area (Å²) < 4.78 is 16.0.